The van der Waals surface area contributed by atoms with Crippen LogP contribution in [-0.2, 0) is 15.4 Å². The molecular weight excluding hydrogens is 364 g/mol. The fourth-order valence-corrected chi connectivity index (χ4v) is 3.40. The van der Waals surface area contributed by atoms with E-state index in [1.165, 1.54) is 39.4 Å². The van der Waals surface area contributed by atoms with Gasteiger partial charge in [0.15, 0.2) is 0 Å². The standard InChI is InChI=1S/C20H26N2O4S/c1-20(2,3)15-9-7-14(8-10-15)19(23)21-17-13-16(11-12-18(17)26-6)27(24,25)22(4)5/h7-13H,1-6H3,(H,21,23). The second-order valence-corrected chi connectivity index (χ2v) is 9.58. The van der Waals surface area contributed by atoms with E-state index in [9.17, 15) is 13.2 Å². The molecular formula is C20H26N2O4S. The molecule has 2 aromatic carbocycles. The topological polar surface area (TPSA) is 75.7 Å². The number of amides is 1. The smallest absolute Gasteiger partial charge is 0.255 e. The van der Waals surface area contributed by atoms with E-state index < -0.39 is 10.0 Å². The Kier molecular flexibility index (Phi) is 5.97. The van der Waals surface area contributed by atoms with Crippen LogP contribution < -0.4 is 10.1 Å². The van der Waals surface area contributed by atoms with Gasteiger partial charge >= 0.3 is 0 Å². The number of sulfonamides is 1. The number of ether oxygens (including phenoxy) is 1. The Hall–Kier alpha value is -2.38. The average Bonchev–Trinajstić information content (AvgIpc) is 2.60. The number of hydrogen-bond donors (Lipinski definition) is 1. The molecule has 0 unspecified atom stereocenters. The van der Waals surface area contributed by atoms with Crippen molar-refractivity contribution in [3.8, 4) is 5.75 Å². The summed E-state index contributed by atoms with van der Waals surface area (Å²) in [6, 6.07) is 11.7. The minimum Gasteiger partial charge on any atom is -0.495 e. The van der Waals surface area contributed by atoms with Crippen LogP contribution in [0.3, 0.4) is 0 Å². The lowest BCUT2D eigenvalue weighted by atomic mass is 9.87. The Morgan fingerprint density at radius 3 is 2.11 bits per heavy atom. The van der Waals surface area contributed by atoms with Crippen LogP contribution in [-0.4, -0.2) is 39.8 Å². The number of rotatable bonds is 5. The lowest BCUT2D eigenvalue weighted by Gasteiger charge is -2.19. The first-order valence-electron chi connectivity index (χ1n) is 8.49. The zero-order valence-corrected chi connectivity index (χ0v) is 17.3. The van der Waals surface area contributed by atoms with E-state index in [1.807, 2.05) is 12.1 Å². The van der Waals surface area contributed by atoms with Gasteiger partial charge in [-0.2, -0.15) is 0 Å². The highest BCUT2D eigenvalue weighted by Crippen LogP contribution is 2.29. The Morgan fingerprint density at radius 1 is 1.04 bits per heavy atom. The van der Waals surface area contributed by atoms with Crippen molar-refractivity contribution >= 4 is 21.6 Å². The first-order valence-corrected chi connectivity index (χ1v) is 9.93. The highest BCUT2D eigenvalue weighted by atomic mass is 32.2. The van der Waals surface area contributed by atoms with Crippen molar-refractivity contribution in [2.24, 2.45) is 0 Å². The fraction of sp³-hybridized carbons (Fsp3) is 0.350. The molecule has 6 nitrogen and oxygen atoms in total. The maximum atomic E-state index is 12.6. The van der Waals surface area contributed by atoms with E-state index in [0.29, 0.717) is 17.0 Å². The molecule has 2 rings (SSSR count). The third-order valence-electron chi connectivity index (χ3n) is 4.21. The predicted molar refractivity (Wildman–Crippen MR) is 107 cm³/mol. The van der Waals surface area contributed by atoms with E-state index in [1.54, 1.807) is 12.1 Å². The van der Waals surface area contributed by atoms with Crippen LogP contribution in [0.4, 0.5) is 5.69 Å². The van der Waals surface area contributed by atoms with E-state index in [-0.39, 0.29) is 16.2 Å². The summed E-state index contributed by atoms with van der Waals surface area (Å²) in [6.45, 7) is 6.30. The van der Waals surface area contributed by atoms with Gasteiger partial charge in [0.05, 0.1) is 17.7 Å². The van der Waals surface area contributed by atoms with E-state index in [4.69, 9.17) is 4.74 Å². The maximum absolute atomic E-state index is 12.6. The van der Waals surface area contributed by atoms with Crippen LogP contribution in [0, 0.1) is 0 Å². The first kappa shape index (κ1) is 20.9. The number of carbonyl (C=O) groups is 1. The van der Waals surface area contributed by atoms with Crippen molar-refractivity contribution in [1.29, 1.82) is 0 Å². The third kappa shape index (κ3) is 4.67. The largest absolute Gasteiger partial charge is 0.495 e. The molecule has 0 aliphatic carbocycles. The summed E-state index contributed by atoms with van der Waals surface area (Å²) >= 11 is 0. The quantitative estimate of drug-likeness (QED) is 0.848. The summed E-state index contributed by atoms with van der Waals surface area (Å²) in [5, 5.41) is 2.74. The molecule has 1 N–H and O–H groups in total. The Morgan fingerprint density at radius 2 is 1.63 bits per heavy atom. The van der Waals surface area contributed by atoms with Crippen molar-refractivity contribution in [1.82, 2.24) is 4.31 Å². The van der Waals surface area contributed by atoms with Crippen molar-refractivity contribution < 1.29 is 17.9 Å². The van der Waals surface area contributed by atoms with Crippen LogP contribution in [0.5, 0.6) is 5.75 Å². The zero-order chi connectivity index (χ0) is 20.4. The SMILES string of the molecule is COc1ccc(S(=O)(=O)N(C)C)cc1NC(=O)c1ccc(C(C)(C)C)cc1. The van der Waals surface area contributed by atoms with Crippen molar-refractivity contribution in [2.75, 3.05) is 26.5 Å². The molecule has 27 heavy (non-hydrogen) atoms. The van der Waals surface area contributed by atoms with Crippen LogP contribution in [0.15, 0.2) is 47.4 Å². The normalized spacial score (nSPS) is 12.1. The molecule has 146 valence electrons. The maximum Gasteiger partial charge on any atom is 0.255 e. The van der Waals surface area contributed by atoms with Crippen molar-refractivity contribution in [3.63, 3.8) is 0 Å². The molecule has 0 aliphatic rings. The lowest BCUT2D eigenvalue weighted by molar-refractivity contribution is 0.102. The van der Waals surface area contributed by atoms with Crippen molar-refractivity contribution in [3.05, 3.63) is 53.6 Å². The molecule has 0 saturated heterocycles. The second-order valence-electron chi connectivity index (χ2n) is 7.43. The summed E-state index contributed by atoms with van der Waals surface area (Å²) in [7, 11) is 0.747. The van der Waals surface area contributed by atoms with Gasteiger partial charge in [0.2, 0.25) is 10.0 Å². The molecule has 0 radical (unpaired) electrons. The van der Waals surface area contributed by atoms with Gasteiger partial charge in [-0.1, -0.05) is 32.9 Å². The number of anilines is 1. The predicted octanol–water partition coefficient (Wildman–Crippen LogP) is 3.50. The van der Waals surface area contributed by atoms with E-state index in [2.05, 4.69) is 26.1 Å². The molecule has 0 aliphatic heterocycles. The number of nitrogens with one attached hydrogen (secondary N) is 1. The Bertz CT molecular complexity index is 927. The summed E-state index contributed by atoms with van der Waals surface area (Å²) < 4.78 is 31.1. The van der Waals surface area contributed by atoms with E-state index >= 15 is 0 Å². The van der Waals surface area contributed by atoms with Gasteiger partial charge in [0.25, 0.3) is 5.91 Å². The van der Waals surface area contributed by atoms with Crippen LogP contribution in [0.2, 0.25) is 0 Å². The minimum atomic E-state index is -3.62. The highest BCUT2D eigenvalue weighted by Gasteiger charge is 2.20. The second kappa shape index (κ2) is 7.70. The number of benzene rings is 2. The molecule has 1 amide bonds. The van der Waals surface area contributed by atoms with Gasteiger partial charge in [0, 0.05) is 19.7 Å². The zero-order valence-electron chi connectivity index (χ0n) is 16.5. The summed E-state index contributed by atoms with van der Waals surface area (Å²) in [5.41, 5.74) is 1.89. The lowest BCUT2D eigenvalue weighted by Crippen LogP contribution is -2.22. The molecule has 0 bridgehead atoms. The van der Waals surface area contributed by atoms with Gasteiger partial charge in [-0.25, -0.2) is 12.7 Å². The molecule has 0 fully saturated rings. The Labute approximate surface area is 161 Å². The van der Waals surface area contributed by atoms with Gasteiger partial charge in [-0.3, -0.25) is 4.79 Å². The number of hydrogen-bond acceptors (Lipinski definition) is 4. The summed E-state index contributed by atoms with van der Waals surface area (Å²) in [6.07, 6.45) is 0. The molecule has 7 heteroatoms. The van der Waals surface area contributed by atoms with Gasteiger partial charge in [-0.15, -0.1) is 0 Å². The van der Waals surface area contributed by atoms with Crippen LogP contribution >= 0.6 is 0 Å². The average molecular weight is 391 g/mol. The number of methoxy groups -OCH3 is 1. The summed E-state index contributed by atoms with van der Waals surface area (Å²) in [4.78, 5) is 12.7. The van der Waals surface area contributed by atoms with Gasteiger partial charge in [0.1, 0.15) is 5.75 Å². The Balaban J connectivity index is 2.34. The summed E-state index contributed by atoms with van der Waals surface area (Å²) in [5.74, 6) is 0.0422. The van der Waals surface area contributed by atoms with Gasteiger partial charge < -0.3 is 10.1 Å². The third-order valence-corrected chi connectivity index (χ3v) is 6.02. The molecule has 0 aromatic heterocycles. The van der Waals surface area contributed by atoms with Gasteiger partial charge in [-0.05, 0) is 41.3 Å². The number of nitrogens with zero attached hydrogens (tertiary/aromatic N) is 1. The molecule has 0 saturated carbocycles. The highest BCUT2D eigenvalue weighted by molar-refractivity contribution is 7.89. The molecule has 0 spiro atoms. The number of carbonyl (C=O) groups excluding carboxylic acids is 1. The first-order chi connectivity index (χ1) is 12.5. The fourth-order valence-electron chi connectivity index (χ4n) is 2.47. The monoisotopic (exact) mass is 390 g/mol. The molecule has 0 atom stereocenters. The molecule has 2 aromatic rings. The van der Waals surface area contributed by atoms with Crippen molar-refractivity contribution in [2.45, 2.75) is 31.1 Å². The van der Waals surface area contributed by atoms with E-state index in [0.717, 1.165) is 9.87 Å². The van der Waals surface area contributed by atoms with Crippen LogP contribution in [0.25, 0.3) is 0 Å². The minimum absolute atomic E-state index is 0.00685. The molecule has 0 heterocycles. The van der Waals surface area contributed by atoms with Crippen LogP contribution in [0.1, 0.15) is 36.7 Å².